The van der Waals surface area contributed by atoms with Crippen molar-refractivity contribution in [3.8, 4) is 5.75 Å². The van der Waals surface area contributed by atoms with E-state index in [0.717, 1.165) is 74.0 Å². The predicted octanol–water partition coefficient (Wildman–Crippen LogP) is 11.1. The fraction of sp³-hybridized carbons (Fsp3) is 0.200. The van der Waals surface area contributed by atoms with Gasteiger partial charge in [0.2, 0.25) is 0 Å². The van der Waals surface area contributed by atoms with Crippen molar-refractivity contribution >= 4 is 35.0 Å². The molecule has 2 aliphatic rings. The molecule has 5 heteroatoms. The number of nitrogens with zero attached hydrogens (tertiary/aromatic N) is 3. The molecule has 0 saturated carbocycles. The van der Waals surface area contributed by atoms with Crippen LogP contribution in [-0.2, 0) is 0 Å². The first-order valence-electron chi connectivity index (χ1n) is 17.1. The van der Waals surface area contributed by atoms with Gasteiger partial charge in [-0.3, -0.25) is 15.0 Å². The second-order valence-electron chi connectivity index (χ2n) is 12.6. The second kappa shape index (κ2) is 16.6. The lowest BCUT2D eigenvalue weighted by molar-refractivity contribution is 0.421. The van der Waals surface area contributed by atoms with Crippen molar-refractivity contribution in [1.29, 1.82) is 5.41 Å². The van der Waals surface area contributed by atoms with E-state index in [2.05, 4.69) is 80.3 Å². The molecule has 3 heterocycles. The molecule has 2 unspecified atom stereocenters. The van der Waals surface area contributed by atoms with Crippen LogP contribution in [-0.4, -0.2) is 29.2 Å². The fourth-order valence-electron chi connectivity index (χ4n) is 6.09. The molecule has 0 aliphatic carbocycles. The highest BCUT2D eigenvalue weighted by Crippen LogP contribution is 2.35. The van der Waals surface area contributed by atoms with E-state index < -0.39 is 0 Å². The van der Waals surface area contributed by atoms with E-state index in [0.29, 0.717) is 18.2 Å². The average Bonchev–Trinajstić information content (AvgIpc) is 3.13. The average molecular weight is 659 g/mol. The van der Waals surface area contributed by atoms with E-state index in [1.165, 1.54) is 5.57 Å². The lowest BCUT2D eigenvalue weighted by Gasteiger charge is -2.21. The maximum Gasteiger partial charge on any atom is 0.131 e. The van der Waals surface area contributed by atoms with E-state index in [1.54, 1.807) is 18.3 Å². The first-order chi connectivity index (χ1) is 24.2. The molecule has 0 saturated heterocycles. The van der Waals surface area contributed by atoms with Gasteiger partial charge in [-0.2, -0.15) is 0 Å². The molecule has 0 amide bonds. The number of benzene rings is 2. The number of hydrogen-bond acceptors (Lipinski definition) is 5. The Morgan fingerprint density at radius 2 is 1.88 bits per heavy atom. The van der Waals surface area contributed by atoms with Crippen LogP contribution >= 0.6 is 0 Å². The zero-order valence-corrected chi connectivity index (χ0v) is 29.8. The van der Waals surface area contributed by atoms with Crippen LogP contribution in [0.15, 0.2) is 144 Å². The number of pyridine rings is 1. The molecule has 0 radical (unpaired) electrons. The Bertz CT molecular complexity index is 2050. The number of nitrogens with one attached hydrogen (secondary N) is 1. The van der Waals surface area contributed by atoms with Gasteiger partial charge in [-0.15, -0.1) is 0 Å². The van der Waals surface area contributed by atoms with Gasteiger partial charge < -0.3 is 10.1 Å². The van der Waals surface area contributed by atoms with Crippen LogP contribution in [0.2, 0.25) is 0 Å². The minimum Gasteiger partial charge on any atom is -0.462 e. The van der Waals surface area contributed by atoms with Crippen LogP contribution in [0.1, 0.15) is 86.0 Å². The first kappa shape index (κ1) is 35.6. The third-order valence-corrected chi connectivity index (χ3v) is 9.03. The van der Waals surface area contributed by atoms with Gasteiger partial charge in [0, 0.05) is 46.1 Å². The van der Waals surface area contributed by atoms with Crippen molar-refractivity contribution in [2.24, 2.45) is 15.9 Å². The Morgan fingerprint density at radius 3 is 2.68 bits per heavy atom. The highest BCUT2D eigenvalue weighted by Gasteiger charge is 2.22. The number of fused-ring (bicyclic) bond motifs is 1. The molecule has 1 N–H and O–H groups in total. The highest BCUT2D eigenvalue weighted by molar-refractivity contribution is 6.15. The zero-order chi connectivity index (χ0) is 35.6. The smallest absolute Gasteiger partial charge is 0.131 e. The molecular formula is C45H46N4O. The number of ether oxygens (including phenoxy) is 1. The number of aliphatic imine (C=N–C) groups is 2. The fourth-order valence-corrected chi connectivity index (χ4v) is 6.09. The molecule has 2 atom stereocenters. The Kier molecular flexibility index (Phi) is 11.8. The third-order valence-electron chi connectivity index (χ3n) is 9.03. The van der Waals surface area contributed by atoms with E-state index in [-0.39, 0.29) is 5.92 Å². The van der Waals surface area contributed by atoms with Crippen molar-refractivity contribution in [1.82, 2.24) is 4.98 Å². The molecule has 5 rings (SSSR count). The topological polar surface area (TPSA) is 70.7 Å². The molecular weight excluding hydrogens is 613 g/mol. The third kappa shape index (κ3) is 8.12. The largest absolute Gasteiger partial charge is 0.462 e. The summed E-state index contributed by atoms with van der Waals surface area (Å²) in [6.45, 7) is 19.4. The molecule has 0 spiro atoms. The lowest BCUT2D eigenvalue weighted by Crippen LogP contribution is -2.12. The maximum atomic E-state index is 9.01. The van der Waals surface area contributed by atoms with Crippen LogP contribution in [0.5, 0.6) is 5.75 Å². The molecule has 3 aromatic rings. The summed E-state index contributed by atoms with van der Waals surface area (Å²) in [6.07, 6.45) is 24.4. The Balaban J connectivity index is 1.47. The summed E-state index contributed by atoms with van der Waals surface area (Å²) >= 11 is 0. The van der Waals surface area contributed by atoms with E-state index >= 15 is 0 Å². The van der Waals surface area contributed by atoms with E-state index in [1.807, 2.05) is 80.8 Å². The standard InChI is InChI=1S/C45H46N4O/c1-8-10-17-33(6)50-41-21-15-20-39-42(41)32(5)16-12-11-13-26-47-44(39)36-19-14-18-35(29-36)31(4)22-23-40(46)38-25-28-49-45(37(38)9-2)43-34(7)30(3)24-27-48-43/h8-23,25,27-30,32,46H,2,4,24,26H2,1,3,5-7H3/b10-8-,13-11-,16-12-,23-22-,33-17+,46-40?,47-44-. The molecule has 5 nitrogen and oxygen atoms in total. The SMILES string of the molecule is C=Cc1c(C(=N)/C=C\C(=C)c2cccc(/C3=N/C/C=C\C=C/C(C)c4c(O/C(C)=C/C=C\C)cccc43)c2)ccnc1C1=C(C)C(C)CC=N1. The monoisotopic (exact) mass is 658 g/mol. The molecule has 2 aliphatic heterocycles. The summed E-state index contributed by atoms with van der Waals surface area (Å²) in [5, 5.41) is 9.01. The quantitative estimate of drug-likeness (QED) is 0.134. The maximum absolute atomic E-state index is 9.01. The van der Waals surface area contributed by atoms with Crippen molar-refractivity contribution in [3.63, 3.8) is 0 Å². The highest BCUT2D eigenvalue weighted by atomic mass is 16.5. The van der Waals surface area contributed by atoms with E-state index in [4.69, 9.17) is 15.1 Å². The van der Waals surface area contributed by atoms with Gasteiger partial charge in [0.15, 0.2) is 0 Å². The minimum atomic E-state index is 0.0819. The van der Waals surface area contributed by atoms with Crippen molar-refractivity contribution in [3.05, 3.63) is 173 Å². The van der Waals surface area contributed by atoms with Crippen molar-refractivity contribution in [2.45, 2.75) is 47.0 Å². The number of hydrogen-bond donors (Lipinski definition) is 1. The van der Waals surface area contributed by atoms with Crippen LogP contribution in [0.25, 0.3) is 17.3 Å². The predicted molar refractivity (Wildman–Crippen MR) is 213 cm³/mol. The van der Waals surface area contributed by atoms with Crippen molar-refractivity contribution < 1.29 is 4.74 Å². The van der Waals surface area contributed by atoms with Gasteiger partial charge >= 0.3 is 0 Å². The van der Waals surface area contributed by atoms with Gasteiger partial charge in [0.1, 0.15) is 11.5 Å². The van der Waals surface area contributed by atoms with E-state index in [9.17, 15) is 0 Å². The molecule has 50 heavy (non-hydrogen) atoms. The van der Waals surface area contributed by atoms with Gasteiger partial charge in [0.25, 0.3) is 0 Å². The summed E-state index contributed by atoms with van der Waals surface area (Å²) in [7, 11) is 0. The first-order valence-corrected chi connectivity index (χ1v) is 17.1. The molecule has 2 aromatic carbocycles. The van der Waals surface area contributed by atoms with Crippen molar-refractivity contribution in [2.75, 3.05) is 6.54 Å². The minimum absolute atomic E-state index is 0.0819. The molecule has 1 aromatic heterocycles. The number of allylic oxidation sites excluding steroid dienone is 11. The normalized spacial score (nSPS) is 20.3. The zero-order valence-electron chi connectivity index (χ0n) is 29.8. The Morgan fingerprint density at radius 1 is 1.06 bits per heavy atom. The van der Waals surface area contributed by atoms with Gasteiger partial charge in [-0.1, -0.05) is 106 Å². The molecule has 252 valence electrons. The summed E-state index contributed by atoms with van der Waals surface area (Å²) in [4.78, 5) is 14.4. The Labute approximate surface area is 297 Å². The number of rotatable bonds is 10. The van der Waals surface area contributed by atoms with Gasteiger partial charge in [0.05, 0.1) is 29.4 Å². The second-order valence-corrected chi connectivity index (χ2v) is 12.6. The van der Waals surface area contributed by atoms with Crippen LogP contribution in [0.4, 0.5) is 0 Å². The van der Waals surface area contributed by atoms with Crippen LogP contribution in [0, 0.1) is 11.3 Å². The summed E-state index contributed by atoms with van der Waals surface area (Å²) < 4.78 is 6.40. The Hall–Kier alpha value is -5.68. The van der Waals surface area contributed by atoms with Crippen LogP contribution in [0.3, 0.4) is 0 Å². The summed E-state index contributed by atoms with van der Waals surface area (Å²) in [5.41, 5.74) is 10.4. The number of aromatic nitrogens is 1. The molecule has 0 fully saturated rings. The molecule has 0 bridgehead atoms. The van der Waals surface area contributed by atoms with Crippen LogP contribution < -0.4 is 4.74 Å². The van der Waals surface area contributed by atoms with Gasteiger partial charge in [-0.05, 0) is 80.2 Å². The summed E-state index contributed by atoms with van der Waals surface area (Å²) in [6, 6.07) is 16.3. The summed E-state index contributed by atoms with van der Waals surface area (Å²) in [5.74, 6) is 2.10. The van der Waals surface area contributed by atoms with Gasteiger partial charge in [-0.25, -0.2) is 0 Å². The lowest BCUT2D eigenvalue weighted by atomic mass is 9.88.